The van der Waals surface area contributed by atoms with Crippen LogP contribution in [0, 0.1) is 0 Å². The largest absolute Gasteiger partial charge is 0.484 e. The van der Waals surface area contributed by atoms with Gasteiger partial charge >= 0.3 is 0 Å². The summed E-state index contributed by atoms with van der Waals surface area (Å²) in [5, 5.41) is 6.10. The third-order valence-electron chi connectivity index (χ3n) is 3.13. The van der Waals surface area contributed by atoms with Crippen LogP contribution in [0.2, 0.25) is 5.02 Å². The maximum absolute atomic E-state index is 11.9. The fourth-order valence-corrected chi connectivity index (χ4v) is 2.08. The zero-order valence-electron chi connectivity index (χ0n) is 13.3. The number of carbonyl (C=O) groups excluding carboxylic acids is 2. The Morgan fingerprint density at radius 2 is 1.88 bits per heavy atom. The second-order valence-corrected chi connectivity index (χ2v) is 5.56. The van der Waals surface area contributed by atoms with E-state index in [0.717, 1.165) is 6.42 Å². The average Bonchev–Trinajstić information content (AvgIpc) is 2.59. The molecule has 0 aromatic heterocycles. The van der Waals surface area contributed by atoms with Crippen molar-refractivity contribution in [1.29, 1.82) is 0 Å². The molecule has 24 heavy (non-hydrogen) atoms. The molecule has 2 rings (SSSR count). The number of amides is 2. The second kappa shape index (κ2) is 8.93. The van der Waals surface area contributed by atoms with E-state index in [2.05, 4.69) is 10.6 Å². The Hall–Kier alpha value is -2.53. The summed E-state index contributed by atoms with van der Waals surface area (Å²) in [6.45, 7) is 2.47. The second-order valence-electron chi connectivity index (χ2n) is 5.13. The molecule has 0 bridgehead atoms. The summed E-state index contributed by atoms with van der Waals surface area (Å²) < 4.78 is 5.38. The van der Waals surface area contributed by atoms with Crippen molar-refractivity contribution in [2.45, 2.75) is 13.3 Å². The van der Waals surface area contributed by atoms with Crippen LogP contribution < -0.4 is 15.4 Å². The first-order valence-corrected chi connectivity index (χ1v) is 8.02. The minimum absolute atomic E-state index is 0.131. The topological polar surface area (TPSA) is 67.4 Å². The van der Waals surface area contributed by atoms with Gasteiger partial charge in [-0.15, -0.1) is 0 Å². The molecule has 6 heteroatoms. The first kappa shape index (κ1) is 17.8. The van der Waals surface area contributed by atoms with Crippen LogP contribution in [0.4, 0.5) is 5.69 Å². The Balaban J connectivity index is 1.89. The van der Waals surface area contributed by atoms with Gasteiger partial charge in [0.25, 0.3) is 11.8 Å². The van der Waals surface area contributed by atoms with Crippen molar-refractivity contribution in [3.63, 3.8) is 0 Å². The highest BCUT2D eigenvalue weighted by Gasteiger charge is 2.08. The molecule has 2 aromatic rings. The Labute approximate surface area is 146 Å². The third-order valence-corrected chi connectivity index (χ3v) is 3.38. The lowest BCUT2D eigenvalue weighted by Gasteiger charge is -2.09. The molecular weight excluding hydrogens is 328 g/mol. The maximum atomic E-state index is 11.9. The zero-order valence-corrected chi connectivity index (χ0v) is 14.1. The number of hydrogen-bond donors (Lipinski definition) is 2. The van der Waals surface area contributed by atoms with E-state index in [4.69, 9.17) is 16.3 Å². The number of rotatable bonds is 7. The molecule has 2 aromatic carbocycles. The molecule has 5 nitrogen and oxygen atoms in total. The van der Waals surface area contributed by atoms with Crippen LogP contribution in [0.5, 0.6) is 5.75 Å². The molecule has 2 N–H and O–H groups in total. The number of benzene rings is 2. The van der Waals surface area contributed by atoms with E-state index in [1.165, 1.54) is 0 Å². The van der Waals surface area contributed by atoms with Crippen molar-refractivity contribution >= 4 is 29.1 Å². The van der Waals surface area contributed by atoms with Gasteiger partial charge in [0.2, 0.25) is 0 Å². The van der Waals surface area contributed by atoms with Gasteiger partial charge in [-0.2, -0.15) is 0 Å². The normalized spacial score (nSPS) is 10.1. The molecule has 0 saturated carbocycles. The number of anilines is 1. The van der Waals surface area contributed by atoms with Gasteiger partial charge < -0.3 is 15.4 Å². The molecule has 0 aliphatic rings. The van der Waals surface area contributed by atoms with Crippen LogP contribution in [0.1, 0.15) is 23.7 Å². The molecule has 2 amide bonds. The van der Waals surface area contributed by atoms with E-state index in [-0.39, 0.29) is 18.4 Å². The van der Waals surface area contributed by atoms with Crippen LogP contribution in [0.3, 0.4) is 0 Å². The summed E-state index contributed by atoms with van der Waals surface area (Å²) in [6.07, 6.45) is 0.865. The number of halogens is 1. The molecule has 0 unspecified atom stereocenters. The van der Waals surface area contributed by atoms with Crippen LogP contribution in [0.25, 0.3) is 0 Å². The molecule has 126 valence electrons. The van der Waals surface area contributed by atoms with Crippen LogP contribution in [0.15, 0.2) is 48.5 Å². The average molecular weight is 347 g/mol. The van der Waals surface area contributed by atoms with Gasteiger partial charge in [0.15, 0.2) is 6.61 Å². The summed E-state index contributed by atoms with van der Waals surface area (Å²) in [7, 11) is 0. The predicted molar refractivity (Wildman–Crippen MR) is 94.6 cm³/mol. The summed E-state index contributed by atoms with van der Waals surface area (Å²) in [6, 6.07) is 13.5. The monoisotopic (exact) mass is 346 g/mol. The predicted octanol–water partition coefficient (Wildman–Crippen LogP) is 3.50. The quantitative estimate of drug-likeness (QED) is 0.806. The Kier molecular flexibility index (Phi) is 6.63. The molecule has 0 heterocycles. The van der Waals surface area contributed by atoms with Gasteiger partial charge in [-0.05, 0) is 48.9 Å². The van der Waals surface area contributed by atoms with Gasteiger partial charge in [0.05, 0.1) is 0 Å². The SMILES string of the molecule is CCCNC(=O)c1cccc(NC(=O)COc2ccc(Cl)cc2)c1. The molecule has 0 radical (unpaired) electrons. The molecule has 0 spiro atoms. The summed E-state index contributed by atoms with van der Waals surface area (Å²) >= 11 is 5.79. The fourth-order valence-electron chi connectivity index (χ4n) is 1.96. The maximum Gasteiger partial charge on any atom is 0.262 e. The summed E-state index contributed by atoms with van der Waals surface area (Å²) in [5.74, 6) is 0.0867. The lowest BCUT2D eigenvalue weighted by atomic mass is 10.2. The summed E-state index contributed by atoms with van der Waals surface area (Å²) in [5.41, 5.74) is 1.05. The number of carbonyl (C=O) groups is 2. The van der Waals surface area contributed by atoms with Gasteiger partial charge in [-0.25, -0.2) is 0 Å². The van der Waals surface area contributed by atoms with Crippen LogP contribution >= 0.6 is 11.6 Å². The fraction of sp³-hybridized carbons (Fsp3) is 0.222. The number of nitrogens with one attached hydrogen (secondary N) is 2. The Morgan fingerprint density at radius 3 is 2.58 bits per heavy atom. The van der Waals surface area contributed by atoms with Crippen molar-refractivity contribution in [2.75, 3.05) is 18.5 Å². The lowest BCUT2D eigenvalue weighted by Crippen LogP contribution is -2.24. The third kappa shape index (κ3) is 5.59. The van der Waals surface area contributed by atoms with Crippen LogP contribution in [-0.4, -0.2) is 25.0 Å². The molecule has 0 aliphatic carbocycles. The first-order valence-electron chi connectivity index (χ1n) is 7.65. The minimum atomic E-state index is -0.309. The highest BCUT2D eigenvalue weighted by atomic mass is 35.5. The van der Waals surface area contributed by atoms with E-state index in [1.54, 1.807) is 48.5 Å². The molecular formula is C18H19ClN2O3. The molecule has 0 aliphatic heterocycles. The van der Waals surface area contributed by atoms with Crippen molar-refractivity contribution in [3.05, 3.63) is 59.1 Å². The van der Waals surface area contributed by atoms with E-state index in [9.17, 15) is 9.59 Å². The van der Waals surface area contributed by atoms with E-state index < -0.39 is 0 Å². The highest BCUT2D eigenvalue weighted by Crippen LogP contribution is 2.16. The van der Waals surface area contributed by atoms with E-state index >= 15 is 0 Å². The van der Waals surface area contributed by atoms with Gasteiger partial charge in [-0.1, -0.05) is 24.6 Å². The van der Waals surface area contributed by atoms with Gasteiger partial charge in [0.1, 0.15) is 5.75 Å². The Morgan fingerprint density at radius 1 is 1.12 bits per heavy atom. The van der Waals surface area contributed by atoms with Crippen LogP contribution in [-0.2, 0) is 4.79 Å². The number of ether oxygens (including phenoxy) is 1. The molecule has 0 saturated heterocycles. The molecule has 0 atom stereocenters. The summed E-state index contributed by atoms with van der Waals surface area (Å²) in [4.78, 5) is 23.9. The number of hydrogen-bond acceptors (Lipinski definition) is 3. The standard InChI is InChI=1S/C18H19ClN2O3/c1-2-10-20-18(23)13-4-3-5-15(11-13)21-17(22)12-24-16-8-6-14(19)7-9-16/h3-9,11H,2,10,12H2,1H3,(H,20,23)(H,21,22). The minimum Gasteiger partial charge on any atom is -0.484 e. The smallest absolute Gasteiger partial charge is 0.262 e. The van der Waals surface area contributed by atoms with Crippen molar-refractivity contribution in [1.82, 2.24) is 5.32 Å². The first-order chi connectivity index (χ1) is 11.6. The van der Waals surface area contributed by atoms with Gasteiger partial charge in [0, 0.05) is 22.8 Å². The highest BCUT2D eigenvalue weighted by molar-refractivity contribution is 6.30. The van der Waals surface area contributed by atoms with Crippen molar-refractivity contribution in [3.8, 4) is 5.75 Å². The van der Waals surface area contributed by atoms with E-state index in [1.807, 2.05) is 6.92 Å². The van der Waals surface area contributed by atoms with Gasteiger partial charge in [-0.3, -0.25) is 9.59 Å². The molecule has 0 fully saturated rings. The lowest BCUT2D eigenvalue weighted by molar-refractivity contribution is -0.118. The Bertz CT molecular complexity index is 702. The van der Waals surface area contributed by atoms with Crippen molar-refractivity contribution < 1.29 is 14.3 Å². The van der Waals surface area contributed by atoms with E-state index in [0.29, 0.717) is 28.6 Å². The zero-order chi connectivity index (χ0) is 17.4. The van der Waals surface area contributed by atoms with Crippen molar-refractivity contribution in [2.24, 2.45) is 0 Å².